The van der Waals surface area contributed by atoms with Gasteiger partial charge in [-0.05, 0) is 6.54 Å². The third-order valence-electron chi connectivity index (χ3n) is 1.01. The van der Waals surface area contributed by atoms with Crippen molar-refractivity contribution in [1.29, 1.82) is 0 Å². The van der Waals surface area contributed by atoms with Gasteiger partial charge in [-0.3, -0.25) is 5.73 Å². The van der Waals surface area contributed by atoms with E-state index in [9.17, 15) is 0 Å². The molecule has 0 saturated carbocycles. The van der Waals surface area contributed by atoms with Crippen molar-refractivity contribution < 1.29 is 0 Å². The molecule has 4 heteroatoms. The fourth-order valence-corrected chi connectivity index (χ4v) is 0.335. The van der Waals surface area contributed by atoms with Gasteiger partial charge in [-0.25, -0.2) is 0 Å². The molecule has 0 bridgehead atoms. The maximum absolute atomic E-state index is 5.45. The van der Waals surface area contributed by atoms with E-state index in [1.807, 2.05) is 0 Å². The van der Waals surface area contributed by atoms with Crippen LogP contribution in [0.1, 0.15) is 6.92 Å². The van der Waals surface area contributed by atoms with Gasteiger partial charge in [0, 0.05) is 5.92 Å². The van der Waals surface area contributed by atoms with Gasteiger partial charge in [-0.2, -0.15) is 0 Å². The highest BCUT2D eigenvalue weighted by Crippen LogP contribution is 2.22. The average Bonchev–Trinajstić information content (AvgIpc) is 1.62. The minimum Gasteiger partial charge on any atom is -0.330 e. The predicted octanol–water partition coefficient (Wildman–Crippen LogP) is 0.671. The van der Waals surface area contributed by atoms with Crippen molar-refractivity contribution in [2.24, 2.45) is 17.4 Å². The number of halogens is 2. The topological polar surface area (TPSA) is 52.0 Å². The summed E-state index contributed by atoms with van der Waals surface area (Å²) in [5, 5.41) is 0. The second-order valence-electron chi connectivity index (χ2n) is 1.81. The average molecular weight is 157 g/mol. The van der Waals surface area contributed by atoms with Crippen LogP contribution in [0.2, 0.25) is 0 Å². The SMILES string of the molecule is CC(CN)C(N)(Cl)Cl. The van der Waals surface area contributed by atoms with Crippen molar-refractivity contribution in [3.8, 4) is 0 Å². The number of rotatable bonds is 2. The van der Waals surface area contributed by atoms with E-state index in [0.717, 1.165) is 0 Å². The summed E-state index contributed by atoms with van der Waals surface area (Å²) in [5.41, 5.74) is 10.4. The zero-order valence-corrected chi connectivity index (χ0v) is 6.21. The van der Waals surface area contributed by atoms with Gasteiger partial charge < -0.3 is 5.73 Å². The summed E-state index contributed by atoms with van der Waals surface area (Å²) in [5.74, 6) is -0.0640. The molecule has 0 aromatic heterocycles. The quantitative estimate of drug-likeness (QED) is 0.457. The molecule has 4 N–H and O–H groups in total. The van der Waals surface area contributed by atoms with Crippen molar-refractivity contribution in [3.63, 3.8) is 0 Å². The Morgan fingerprint density at radius 2 is 2.00 bits per heavy atom. The number of hydrogen-bond donors (Lipinski definition) is 2. The van der Waals surface area contributed by atoms with E-state index in [1.165, 1.54) is 0 Å². The molecule has 50 valence electrons. The van der Waals surface area contributed by atoms with Crippen LogP contribution in [-0.4, -0.2) is 11.0 Å². The molecule has 0 aliphatic rings. The largest absolute Gasteiger partial charge is 0.330 e. The maximum Gasteiger partial charge on any atom is 0.170 e. The molecule has 2 nitrogen and oxygen atoms in total. The lowest BCUT2D eigenvalue weighted by molar-refractivity contribution is 0.526. The Morgan fingerprint density at radius 3 is 2.00 bits per heavy atom. The lowest BCUT2D eigenvalue weighted by atomic mass is 10.2. The zero-order valence-electron chi connectivity index (χ0n) is 4.70. The zero-order chi connectivity index (χ0) is 6.78. The third kappa shape index (κ3) is 2.72. The van der Waals surface area contributed by atoms with Crippen molar-refractivity contribution in [2.75, 3.05) is 6.54 Å². The minimum atomic E-state index is -1.17. The maximum atomic E-state index is 5.45. The van der Waals surface area contributed by atoms with Crippen LogP contribution in [0, 0.1) is 5.92 Å². The second kappa shape index (κ2) is 2.87. The third-order valence-corrected chi connectivity index (χ3v) is 1.76. The Kier molecular flexibility index (Phi) is 3.05. The molecule has 0 amide bonds. The smallest absolute Gasteiger partial charge is 0.170 e. The highest BCUT2D eigenvalue weighted by Gasteiger charge is 2.24. The van der Waals surface area contributed by atoms with E-state index >= 15 is 0 Å². The molecule has 0 aromatic rings. The first-order valence-corrected chi connectivity index (χ1v) is 3.11. The lowest BCUT2D eigenvalue weighted by Gasteiger charge is -2.19. The summed E-state index contributed by atoms with van der Waals surface area (Å²) >= 11 is 10.9. The van der Waals surface area contributed by atoms with E-state index in [2.05, 4.69) is 0 Å². The fraction of sp³-hybridized carbons (Fsp3) is 1.00. The molecule has 0 aliphatic carbocycles. The standard InChI is InChI=1S/C4H10Cl2N2/c1-3(2-7)4(5,6)8/h3H,2,7-8H2,1H3. The van der Waals surface area contributed by atoms with Crippen molar-refractivity contribution in [1.82, 2.24) is 0 Å². The Labute approximate surface area is 59.1 Å². The number of alkyl halides is 2. The van der Waals surface area contributed by atoms with Crippen LogP contribution in [-0.2, 0) is 0 Å². The van der Waals surface area contributed by atoms with Gasteiger partial charge in [-0.15, -0.1) is 0 Å². The summed E-state index contributed by atoms with van der Waals surface area (Å²) in [4.78, 5) is 0. The van der Waals surface area contributed by atoms with Gasteiger partial charge in [0.1, 0.15) is 0 Å². The van der Waals surface area contributed by atoms with E-state index in [-0.39, 0.29) is 5.92 Å². The Hall–Kier alpha value is 0.500. The monoisotopic (exact) mass is 156 g/mol. The van der Waals surface area contributed by atoms with Crippen LogP contribution in [0.25, 0.3) is 0 Å². The molecular weight excluding hydrogens is 147 g/mol. The second-order valence-corrected chi connectivity index (χ2v) is 3.26. The van der Waals surface area contributed by atoms with Crippen LogP contribution >= 0.6 is 23.2 Å². The van der Waals surface area contributed by atoms with Crippen molar-refractivity contribution >= 4 is 23.2 Å². The van der Waals surface area contributed by atoms with Gasteiger partial charge in [-0.1, -0.05) is 30.1 Å². The van der Waals surface area contributed by atoms with Gasteiger partial charge >= 0.3 is 0 Å². The van der Waals surface area contributed by atoms with Crippen LogP contribution in [0.3, 0.4) is 0 Å². The summed E-state index contributed by atoms with van der Waals surface area (Å²) < 4.78 is -1.17. The molecule has 0 aliphatic heterocycles. The van der Waals surface area contributed by atoms with Crippen molar-refractivity contribution in [3.05, 3.63) is 0 Å². The molecule has 0 rings (SSSR count). The number of nitrogens with two attached hydrogens (primary N) is 2. The van der Waals surface area contributed by atoms with Gasteiger partial charge in [0.2, 0.25) is 0 Å². The molecule has 0 fully saturated rings. The number of hydrogen-bond acceptors (Lipinski definition) is 2. The van der Waals surface area contributed by atoms with Crippen LogP contribution in [0.5, 0.6) is 0 Å². The highest BCUT2D eigenvalue weighted by molar-refractivity contribution is 6.48. The van der Waals surface area contributed by atoms with Crippen LogP contribution in [0.4, 0.5) is 0 Å². The van der Waals surface area contributed by atoms with E-state index in [1.54, 1.807) is 6.92 Å². The van der Waals surface area contributed by atoms with Crippen molar-refractivity contribution in [2.45, 2.75) is 11.4 Å². The first-order chi connectivity index (χ1) is 3.48. The van der Waals surface area contributed by atoms with Gasteiger partial charge in [0.15, 0.2) is 4.46 Å². The van der Waals surface area contributed by atoms with Gasteiger partial charge in [0.05, 0.1) is 0 Å². The molecule has 0 radical (unpaired) electrons. The summed E-state index contributed by atoms with van der Waals surface area (Å²) in [7, 11) is 0. The van der Waals surface area contributed by atoms with E-state index < -0.39 is 4.46 Å². The summed E-state index contributed by atoms with van der Waals surface area (Å²) in [6.07, 6.45) is 0. The molecular formula is C4H10Cl2N2. The van der Waals surface area contributed by atoms with E-state index in [4.69, 9.17) is 34.7 Å². The predicted molar refractivity (Wildman–Crippen MR) is 36.8 cm³/mol. The Bertz CT molecular complexity index is 68.9. The first-order valence-electron chi connectivity index (χ1n) is 2.35. The molecule has 0 heterocycles. The highest BCUT2D eigenvalue weighted by atomic mass is 35.5. The molecule has 1 unspecified atom stereocenters. The molecule has 1 atom stereocenters. The summed E-state index contributed by atoms with van der Waals surface area (Å²) in [6, 6.07) is 0. The molecule has 0 aromatic carbocycles. The van der Waals surface area contributed by atoms with Gasteiger partial charge in [0.25, 0.3) is 0 Å². The Balaban J connectivity index is 3.62. The minimum absolute atomic E-state index is 0.0640. The lowest BCUT2D eigenvalue weighted by Crippen LogP contribution is -2.37. The van der Waals surface area contributed by atoms with Crippen LogP contribution < -0.4 is 11.5 Å². The molecule has 0 saturated heterocycles. The first kappa shape index (κ1) is 8.50. The normalized spacial score (nSPS) is 16.1. The Morgan fingerprint density at radius 1 is 1.62 bits per heavy atom. The summed E-state index contributed by atoms with van der Waals surface area (Å²) in [6.45, 7) is 2.20. The van der Waals surface area contributed by atoms with Crippen LogP contribution in [0.15, 0.2) is 0 Å². The molecule has 0 spiro atoms. The van der Waals surface area contributed by atoms with E-state index in [0.29, 0.717) is 6.54 Å². The fourth-order valence-electron chi connectivity index (χ4n) is 0.157. The molecule has 8 heavy (non-hydrogen) atoms.